The van der Waals surface area contributed by atoms with Gasteiger partial charge in [-0.15, -0.1) is 0 Å². The first-order chi connectivity index (χ1) is 25.4. The SMILES string of the molecule is CCCCCCc1cc(C)cc(-c2cc(B3OC(C)(C)C(C)(C)O3)cc3c(-c4cc(C)cc(CCCCCC)c4)cc(B4OC(C)(C)C(C)(C)O4)cc23)c1. The van der Waals surface area contributed by atoms with Crippen molar-refractivity contribution in [2.75, 3.05) is 0 Å². The molecular formula is C48H66B2O4. The smallest absolute Gasteiger partial charge is 0.399 e. The molecule has 0 radical (unpaired) electrons. The molecule has 2 aliphatic rings. The van der Waals surface area contributed by atoms with Crippen molar-refractivity contribution in [2.24, 2.45) is 0 Å². The molecule has 2 saturated heterocycles. The molecule has 0 aromatic heterocycles. The Labute approximate surface area is 328 Å². The first-order valence-electron chi connectivity index (χ1n) is 21.0. The Kier molecular flexibility index (Phi) is 12.0. The molecule has 0 unspecified atom stereocenters. The van der Waals surface area contributed by atoms with Crippen LogP contribution >= 0.6 is 0 Å². The van der Waals surface area contributed by atoms with Crippen molar-refractivity contribution in [1.29, 1.82) is 0 Å². The van der Waals surface area contributed by atoms with Crippen LogP contribution in [-0.4, -0.2) is 36.6 Å². The Hall–Kier alpha value is -2.89. The average Bonchev–Trinajstić information content (AvgIpc) is 3.46. The van der Waals surface area contributed by atoms with Gasteiger partial charge in [0.1, 0.15) is 0 Å². The van der Waals surface area contributed by atoms with E-state index in [0.29, 0.717) is 0 Å². The van der Waals surface area contributed by atoms with E-state index in [0.717, 1.165) is 23.8 Å². The van der Waals surface area contributed by atoms with Crippen LogP contribution < -0.4 is 10.9 Å². The van der Waals surface area contributed by atoms with Crippen LogP contribution in [0.15, 0.2) is 60.7 Å². The molecule has 0 spiro atoms. The Morgan fingerprint density at radius 3 is 1.11 bits per heavy atom. The zero-order chi connectivity index (χ0) is 39.1. The Morgan fingerprint density at radius 1 is 0.426 bits per heavy atom. The number of fused-ring (bicyclic) bond motifs is 1. The third kappa shape index (κ3) is 8.58. The first kappa shape index (κ1) is 40.8. The molecule has 6 rings (SSSR count). The van der Waals surface area contributed by atoms with Crippen LogP contribution in [0.25, 0.3) is 33.0 Å². The van der Waals surface area contributed by atoms with Crippen LogP contribution in [0, 0.1) is 13.8 Å². The number of hydrogen-bond donors (Lipinski definition) is 0. The molecule has 0 saturated carbocycles. The number of benzene rings is 4. The minimum absolute atomic E-state index is 0.450. The summed E-state index contributed by atoms with van der Waals surface area (Å²) in [7, 11) is -0.975. The largest absolute Gasteiger partial charge is 0.494 e. The second-order valence-corrected chi connectivity index (χ2v) is 18.4. The minimum atomic E-state index is -0.487. The summed E-state index contributed by atoms with van der Waals surface area (Å²) in [6, 6.07) is 23.6. The molecule has 2 aliphatic heterocycles. The quantitative estimate of drug-likeness (QED) is 0.0957. The molecule has 2 heterocycles. The number of unbranched alkanes of at least 4 members (excludes halogenated alkanes) is 6. The summed E-state index contributed by atoms with van der Waals surface area (Å²) in [5, 5.41) is 2.37. The molecule has 6 heteroatoms. The van der Waals surface area contributed by atoms with Gasteiger partial charge in [0.05, 0.1) is 22.4 Å². The van der Waals surface area contributed by atoms with Gasteiger partial charge in [0.15, 0.2) is 0 Å². The van der Waals surface area contributed by atoms with E-state index in [-0.39, 0.29) is 0 Å². The maximum Gasteiger partial charge on any atom is 0.494 e. The zero-order valence-corrected chi connectivity index (χ0v) is 35.6. The molecule has 288 valence electrons. The molecule has 4 nitrogen and oxygen atoms in total. The lowest BCUT2D eigenvalue weighted by molar-refractivity contribution is 0.00578. The molecule has 0 atom stereocenters. The first-order valence-corrected chi connectivity index (χ1v) is 21.0. The monoisotopic (exact) mass is 729 g/mol. The maximum atomic E-state index is 6.75. The summed E-state index contributed by atoms with van der Waals surface area (Å²) in [5.74, 6) is 0. The van der Waals surface area contributed by atoms with Crippen molar-refractivity contribution >= 4 is 35.9 Å². The summed E-state index contributed by atoms with van der Waals surface area (Å²) in [4.78, 5) is 0. The van der Waals surface area contributed by atoms with E-state index in [2.05, 4.69) is 144 Å². The average molecular weight is 729 g/mol. The van der Waals surface area contributed by atoms with E-state index < -0.39 is 36.6 Å². The van der Waals surface area contributed by atoms with Crippen molar-refractivity contribution in [3.63, 3.8) is 0 Å². The maximum absolute atomic E-state index is 6.75. The van der Waals surface area contributed by atoms with Crippen LogP contribution in [0.2, 0.25) is 0 Å². The highest BCUT2D eigenvalue weighted by atomic mass is 16.7. The van der Waals surface area contributed by atoms with Crippen LogP contribution in [0.4, 0.5) is 0 Å². The van der Waals surface area contributed by atoms with E-state index in [1.54, 1.807) is 0 Å². The van der Waals surface area contributed by atoms with Crippen molar-refractivity contribution in [3.05, 3.63) is 82.9 Å². The number of aryl methyl sites for hydroxylation is 4. The summed E-state index contributed by atoms with van der Waals surface area (Å²) < 4.78 is 27.0. The highest BCUT2D eigenvalue weighted by molar-refractivity contribution is 6.63. The van der Waals surface area contributed by atoms with Gasteiger partial charge in [-0.25, -0.2) is 0 Å². The highest BCUT2D eigenvalue weighted by Crippen LogP contribution is 2.41. The summed E-state index contributed by atoms with van der Waals surface area (Å²) in [6.45, 7) is 26.1. The van der Waals surface area contributed by atoms with Crippen molar-refractivity contribution in [1.82, 2.24) is 0 Å². The van der Waals surface area contributed by atoms with E-state index >= 15 is 0 Å². The molecule has 0 bridgehead atoms. The lowest BCUT2D eigenvalue weighted by Crippen LogP contribution is -2.41. The molecule has 0 aliphatic carbocycles. The topological polar surface area (TPSA) is 36.9 Å². The molecule has 54 heavy (non-hydrogen) atoms. The fourth-order valence-electron chi connectivity index (χ4n) is 8.05. The van der Waals surface area contributed by atoms with Crippen LogP contribution in [0.3, 0.4) is 0 Å². The Morgan fingerprint density at radius 2 is 0.778 bits per heavy atom. The van der Waals surface area contributed by atoms with Crippen LogP contribution in [0.5, 0.6) is 0 Å². The molecule has 4 aromatic carbocycles. The number of hydrogen-bond acceptors (Lipinski definition) is 4. The third-order valence-corrected chi connectivity index (χ3v) is 12.7. The second kappa shape index (κ2) is 15.9. The second-order valence-electron chi connectivity index (χ2n) is 18.4. The summed E-state index contributed by atoms with van der Waals surface area (Å²) in [5.41, 5.74) is 10.4. The van der Waals surface area contributed by atoms with E-state index in [9.17, 15) is 0 Å². The van der Waals surface area contributed by atoms with Gasteiger partial charge in [0.2, 0.25) is 0 Å². The third-order valence-electron chi connectivity index (χ3n) is 12.7. The van der Waals surface area contributed by atoms with E-state index in [1.165, 1.54) is 107 Å². The molecule has 4 aromatic rings. The van der Waals surface area contributed by atoms with Crippen LogP contribution in [0.1, 0.15) is 143 Å². The molecular weight excluding hydrogens is 662 g/mol. The lowest BCUT2D eigenvalue weighted by Gasteiger charge is -2.32. The van der Waals surface area contributed by atoms with Crippen molar-refractivity contribution < 1.29 is 18.6 Å². The lowest BCUT2D eigenvalue weighted by atomic mass is 9.72. The summed E-state index contributed by atoms with van der Waals surface area (Å²) >= 11 is 0. The van der Waals surface area contributed by atoms with E-state index in [1.807, 2.05) is 0 Å². The molecule has 0 N–H and O–H groups in total. The van der Waals surface area contributed by atoms with Crippen LogP contribution in [-0.2, 0) is 31.5 Å². The van der Waals surface area contributed by atoms with Gasteiger partial charge < -0.3 is 18.6 Å². The standard InChI is InChI=1S/C48H66B2O4/c1-13-15-17-19-21-35-23-33(3)25-37(27-35)41-29-39(49-51-45(5,6)46(7,8)52-49)32-44-42(38-26-34(4)24-36(28-38)22-20-18-16-14-2)30-40(31-43(41)44)50-53-47(9,10)48(11,12)54-50/h23-32H,13-22H2,1-12H3. The highest BCUT2D eigenvalue weighted by Gasteiger charge is 2.53. The van der Waals surface area contributed by atoms with Gasteiger partial charge in [0.25, 0.3) is 0 Å². The molecule has 0 amide bonds. The Bertz CT molecular complexity index is 1790. The number of rotatable bonds is 14. The van der Waals surface area contributed by atoms with Gasteiger partial charge in [0, 0.05) is 0 Å². The zero-order valence-electron chi connectivity index (χ0n) is 35.6. The van der Waals surface area contributed by atoms with E-state index in [4.69, 9.17) is 18.6 Å². The van der Waals surface area contributed by atoms with Crippen molar-refractivity contribution in [2.45, 2.75) is 170 Å². The predicted molar refractivity (Wildman–Crippen MR) is 231 cm³/mol. The molecule has 2 fully saturated rings. The minimum Gasteiger partial charge on any atom is -0.399 e. The van der Waals surface area contributed by atoms with Gasteiger partial charge in [-0.05, 0) is 150 Å². The summed E-state index contributed by atoms with van der Waals surface area (Å²) in [6.07, 6.45) is 12.1. The van der Waals surface area contributed by atoms with Gasteiger partial charge in [-0.3, -0.25) is 0 Å². The van der Waals surface area contributed by atoms with Gasteiger partial charge in [-0.1, -0.05) is 124 Å². The normalized spacial score (nSPS) is 18.6. The predicted octanol–water partition coefficient (Wildman–Crippen LogP) is 11.6. The van der Waals surface area contributed by atoms with Crippen molar-refractivity contribution in [3.8, 4) is 22.3 Å². The Balaban J connectivity index is 1.60. The van der Waals surface area contributed by atoms with Gasteiger partial charge in [-0.2, -0.15) is 0 Å². The fraction of sp³-hybridized carbons (Fsp3) is 0.542. The fourth-order valence-corrected chi connectivity index (χ4v) is 8.05. The van der Waals surface area contributed by atoms with Gasteiger partial charge >= 0.3 is 14.2 Å².